The molecule has 0 bridgehead atoms. The van der Waals surface area contributed by atoms with Crippen molar-refractivity contribution in [2.75, 3.05) is 20.3 Å². The topological polar surface area (TPSA) is 68.9 Å². The first-order valence-corrected chi connectivity index (χ1v) is 7.82. The molecule has 5 nitrogen and oxygen atoms in total. The maximum Gasteiger partial charge on any atom is 0.189 e. The molecule has 0 aromatic heterocycles. The maximum atomic E-state index is 6.03. The molecular weight excluding hydrogens is 254 g/mol. The smallest absolute Gasteiger partial charge is 0.189 e. The first-order valence-electron chi connectivity index (χ1n) is 7.82. The van der Waals surface area contributed by atoms with Crippen molar-refractivity contribution in [3.63, 3.8) is 0 Å². The van der Waals surface area contributed by atoms with Crippen LogP contribution in [0.5, 0.6) is 0 Å². The van der Waals surface area contributed by atoms with Gasteiger partial charge in [0.25, 0.3) is 0 Å². The summed E-state index contributed by atoms with van der Waals surface area (Å²) in [5, 5.41) is 3.20. The van der Waals surface area contributed by atoms with Crippen LogP contribution in [0.3, 0.4) is 0 Å². The van der Waals surface area contributed by atoms with Gasteiger partial charge in [-0.2, -0.15) is 0 Å². The lowest BCUT2D eigenvalue weighted by Crippen LogP contribution is -2.57. The zero-order chi connectivity index (χ0) is 14.6. The van der Waals surface area contributed by atoms with Crippen LogP contribution >= 0.6 is 0 Å². The van der Waals surface area contributed by atoms with E-state index in [0.29, 0.717) is 24.7 Å². The summed E-state index contributed by atoms with van der Waals surface area (Å²) in [4.78, 5) is 4.72. The Morgan fingerprint density at radius 3 is 2.75 bits per heavy atom. The molecule has 0 aromatic rings. The highest BCUT2D eigenvalue weighted by molar-refractivity contribution is 5.78. The fourth-order valence-corrected chi connectivity index (χ4v) is 3.78. The molecule has 5 heteroatoms. The number of nitrogens with two attached hydrogens (primary N) is 1. The molecule has 0 amide bonds. The number of hydrogen-bond acceptors (Lipinski definition) is 3. The number of nitrogens with one attached hydrogen (secondary N) is 1. The first-order chi connectivity index (χ1) is 9.62. The van der Waals surface area contributed by atoms with Gasteiger partial charge in [-0.3, -0.25) is 0 Å². The fourth-order valence-electron chi connectivity index (χ4n) is 3.78. The summed E-state index contributed by atoms with van der Waals surface area (Å²) in [5.74, 6) is 0.542. The predicted molar refractivity (Wildman–Crippen MR) is 80.8 cm³/mol. The minimum Gasteiger partial charge on any atom is -0.383 e. The summed E-state index contributed by atoms with van der Waals surface area (Å²) in [6, 6.07) is 0.509. The zero-order valence-electron chi connectivity index (χ0n) is 13.0. The van der Waals surface area contributed by atoms with E-state index in [4.69, 9.17) is 20.2 Å². The largest absolute Gasteiger partial charge is 0.383 e. The van der Waals surface area contributed by atoms with Gasteiger partial charge in [0, 0.05) is 25.2 Å². The van der Waals surface area contributed by atoms with Crippen LogP contribution in [0.25, 0.3) is 0 Å². The summed E-state index contributed by atoms with van der Waals surface area (Å²) in [6.45, 7) is 5.54. The van der Waals surface area contributed by atoms with E-state index < -0.39 is 0 Å². The zero-order valence-corrected chi connectivity index (χ0v) is 13.0. The fraction of sp³-hybridized carbons (Fsp3) is 0.933. The van der Waals surface area contributed by atoms with Crippen LogP contribution in [-0.2, 0) is 9.47 Å². The van der Waals surface area contributed by atoms with Crippen molar-refractivity contribution >= 4 is 5.96 Å². The molecule has 1 spiro atoms. The Balaban J connectivity index is 1.95. The van der Waals surface area contributed by atoms with Crippen LogP contribution in [-0.4, -0.2) is 44.5 Å². The third-order valence-electron chi connectivity index (χ3n) is 4.75. The molecule has 116 valence electrons. The molecule has 0 radical (unpaired) electrons. The predicted octanol–water partition coefficient (Wildman–Crippen LogP) is 1.66. The van der Waals surface area contributed by atoms with E-state index in [9.17, 15) is 0 Å². The number of hydrogen-bond donors (Lipinski definition) is 2. The Morgan fingerprint density at radius 1 is 1.45 bits per heavy atom. The van der Waals surface area contributed by atoms with Crippen LogP contribution in [0, 0.1) is 5.41 Å². The van der Waals surface area contributed by atoms with E-state index in [1.165, 1.54) is 25.7 Å². The third-order valence-corrected chi connectivity index (χ3v) is 4.75. The normalized spacial score (nSPS) is 30.2. The van der Waals surface area contributed by atoms with Gasteiger partial charge in [-0.05, 0) is 33.1 Å². The van der Waals surface area contributed by atoms with Gasteiger partial charge in [-0.25, -0.2) is 4.99 Å². The molecule has 2 rings (SSSR count). The lowest BCUT2D eigenvalue weighted by atomic mass is 9.61. The summed E-state index contributed by atoms with van der Waals surface area (Å²) in [5.41, 5.74) is 6.28. The summed E-state index contributed by atoms with van der Waals surface area (Å²) >= 11 is 0. The Morgan fingerprint density at radius 2 is 2.15 bits per heavy atom. The molecule has 0 aliphatic heterocycles. The number of methoxy groups -OCH3 is 1. The highest BCUT2D eigenvalue weighted by atomic mass is 16.5. The second-order valence-corrected chi connectivity index (χ2v) is 6.15. The molecule has 3 unspecified atom stereocenters. The molecule has 2 aliphatic carbocycles. The summed E-state index contributed by atoms with van der Waals surface area (Å²) < 4.78 is 11.0. The Kier molecular flexibility index (Phi) is 5.27. The number of nitrogens with zero attached hydrogens (tertiary/aromatic N) is 1. The molecule has 0 saturated heterocycles. The second-order valence-electron chi connectivity index (χ2n) is 6.15. The maximum absolute atomic E-state index is 6.03. The standard InChI is InChI=1S/C15H29N3O2/c1-4-20-13-9-12(15(13)7-5-6-8-15)18-14(16)17-11(2)10-19-3/h11-13H,4-10H2,1-3H3,(H3,16,17,18). The third kappa shape index (κ3) is 3.09. The van der Waals surface area contributed by atoms with Gasteiger partial charge in [0.05, 0.1) is 18.8 Å². The van der Waals surface area contributed by atoms with Gasteiger partial charge in [0.2, 0.25) is 0 Å². The van der Waals surface area contributed by atoms with Gasteiger partial charge in [-0.1, -0.05) is 12.8 Å². The van der Waals surface area contributed by atoms with Crippen molar-refractivity contribution in [3.05, 3.63) is 0 Å². The minimum atomic E-state index is 0.186. The van der Waals surface area contributed by atoms with Crippen molar-refractivity contribution in [3.8, 4) is 0 Å². The monoisotopic (exact) mass is 283 g/mol. The first kappa shape index (κ1) is 15.6. The van der Waals surface area contributed by atoms with Crippen LogP contribution in [0.15, 0.2) is 4.99 Å². The highest BCUT2D eigenvalue weighted by Gasteiger charge is 2.56. The number of ether oxygens (including phenoxy) is 2. The molecule has 0 heterocycles. The quantitative estimate of drug-likeness (QED) is 0.574. The van der Waals surface area contributed by atoms with E-state index in [0.717, 1.165) is 13.0 Å². The van der Waals surface area contributed by atoms with Crippen LogP contribution in [0.4, 0.5) is 0 Å². The average Bonchev–Trinajstić information content (AvgIpc) is 2.90. The number of aliphatic imine (C=N–C) groups is 1. The van der Waals surface area contributed by atoms with Crippen LogP contribution in [0.2, 0.25) is 0 Å². The van der Waals surface area contributed by atoms with Gasteiger partial charge < -0.3 is 20.5 Å². The highest BCUT2D eigenvalue weighted by Crippen LogP contribution is 2.56. The van der Waals surface area contributed by atoms with Crippen molar-refractivity contribution in [1.82, 2.24) is 5.32 Å². The van der Waals surface area contributed by atoms with Gasteiger partial charge in [0.1, 0.15) is 0 Å². The average molecular weight is 283 g/mol. The summed E-state index contributed by atoms with van der Waals surface area (Å²) in [6.07, 6.45) is 6.44. The summed E-state index contributed by atoms with van der Waals surface area (Å²) in [7, 11) is 1.69. The molecule has 20 heavy (non-hydrogen) atoms. The molecule has 0 aromatic carbocycles. The Hall–Kier alpha value is -0.810. The van der Waals surface area contributed by atoms with Gasteiger partial charge >= 0.3 is 0 Å². The van der Waals surface area contributed by atoms with E-state index in [-0.39, 0.29) is 11.5 Å². The second kappa shape index (κ2) is 6.76. The van der Waals surface area contributed by atoms with Crippen molar-refractivity contribution in [2.45, 2.75) is 64.1 Å². The Bertz CT molecular complexity index is 340. The molecule has 2 saturated carbocycles. The lowest BCUT2D eigenvalue weighted by molar-refractivity contribution is -0.119. The van der Waals surface area contributed by atoms with E-state index in [1.807, 2.05) is 6.92 Å². The van der Waals surface area contributed by atoms with Crippen molar-refractivity contribution in [2.24, 2.45) is 16.1 Å². The van der Waals surface area contributed by atoms with Gasteiger partial charge in [-0.15, -0.1) is 0 Å². The van der Waals surface area contributed by atoms with Crippen LogP contribution < -0.4 is 11.1 Å². The van der Waals surface area contributed by atoms with Crippen molar-refractivity contribution < 1.29 is 9.47 Å². The molecular formula is C15H29N3O2. The Labute approximate surface area is 122 Å². The van der Waals surface area contributed by atoms with E-state index >= 15 is 0 Å². The number of rotatable bonds is 6. The van der Waals surface area contributed by atoms with E-state index in [2.05, 4.69) is 12.2 Å². The van der Waals surface area contributed by atoms with E-state index in [1.54, 1.807) is 7.11 Å². The van der Waals surface area contributed by atoms with Crippen molar-refractivity contribution in [1.29, 1.82) is 0 Å². The van der Waals surface area contributed by atoms with Crippen LogP contribution in [0.1, 0.15) is 46.0 Å². The SMILES string of the molecule is CCOC1CC(N=C(N)NC(C)COC)C12CCCC2. The lowest BCUT2D eigenvalue weighted by Gasteiger charge is -2.52. The molecule has 3 N–H and O–H groups in total. The molecule has 3 atom stereocenters. The molecule has 2 fully saturated rings. The minimum absolute atomic E-state index is 0.186. The number of guanidine groups is 1. The molecule has 2 aliphatic rings. The van der Waals surface area contributed by atoms with Gasteiger partial charge in [0.15, 0.2) is 5.96 Å².